The van der Waals surface area contributed by atoms with Crippen molar-refractivity contribution in [1.82, 2.24) is 15.0 Å². The molecule has 7 heteroatoms. The van der Waals surface area contributed by atoms with Gasteiger partial charge in [-0.25, -0.2) is 4.68 Å². The number of nitrogen functional groups attached to an aromatic ring is 1. The molecule has 0 spiro atoms. The van der Waals surface area contributed by atoms with E-state index < -0.39 is 4.92 Å². The zero-order valence-corrected chi connectivity index (χ0v) is 11.0. The number of nitro benzene ring substituents is 1. The standard InChI is InChI=1S/C12H15N5O2/c1-7(2)11-12(13)14-15-16(11)9-5-4-8(3)10(6-9)17(18)19/h4-7H,13H2,1-3H3. The molecule has 0 atom stereocenters. The summed E-state index contributed by atoms with van der Waals surface area (Å²) in [7, 11) is 0. The maximum Gasteiger partial charge on any atom is 0.274 e. The molecule has 0 bridgehead atoms. The number of aromatic nitrogens is 3. The van der Waals surface area contributed by atoms with Gasteiger partial charge in [0.15, 0.2) is 5.82 Å². The molecule has 0 saturated heterocycles. The molecule has 0 aliphatic heterocycles. The lowest BCUT2D eigenvalue weighted by Gasteiger charge is -2.09. The molecular weight excluding hydrogens is 246 g/mol. The number of nitrogens with zero attached hydrogens (tertiary/aromatic N) is 4. The molecule has 1 aromatic heterocycles. The minimum Gasteiger partial charge on any atom is -0.381 e. The van der Waals surface area contributed by atoms with Crippen molar-refractivity contribution in [2.24, 2.45) is 0 Å². The SMILES string of the molecule is Cc1ccc(-n2nnc(N)c2C(C)C)cc1[N+](=O)[O-]. The van der Waals surface area contributed by atoms with Gasteiger partial charge in [0.1, 0.15) is 0 Å². The summed E-state index contributed by atoms with van der Waals surface area (Å²) >= 11 is 0. The minimum atomic E-state index is -0.409. The smallest absolute Gasteiger partial charge is 0.274 e. The van der Waals surface area contributed by atoms with Crippen molar-refractivity contribution in [2.75, 3.05) is 5.73 Å². The van der Waals surface area contributed by atoms with Crippen molar-refractivity contribution < 1.29 is 4.92 Å². The third-order valence-corrected chi connectivity index (χ3v) is 2.91. The summed E-state index contributed by atoms with van der Waals surface area (Å²) in [5.41, 5.74) is 7.78. The quantitative estimate of drug-likeness (QED) is 0.674. The van der Waals surface area contributed by atoms with Gasteiger partial charge in [-0.15, -0.1) is 5.10 Å². The molecule has 2 N–H and O–H groups in total. The molecule has 100 valence electrons. The van der Waals surface area contributed by atoms with Gasteiger partial charge in [0, 0.05) is 11.6 Å². The van der Waals surface area contributed by atoms with E-state index in [4.69, 9.17) is 5.73 Å². The van der Waals surface area contributed by atoms with Gasteiger partial charge in [0.05, 0.1) is 16.3 Å². The highest BCUT2D eigenvalue weighted by atomic mass is 16.6. The average molecular weight is 261 g/mol. The second-order valence-electron chi connectivity index (χ2n) is 4.65. The van der Waals surface area contributed by atoms with E-state index in [0.717, 1.165) is 5.69 Å². The van der Waals surface area contributed by atoms with Crippen LogP contribution in [-0.4, -0.2) is 19.9 Å². The molecule has 0 unspecified atom stereocenters. The lowest BCUT2D eigenvalue weighted by Crippen LogP contribution is -2.06. The number of benzene rings is 1. The molecule has 2 aromatic rings. The van der Waals surface area contributed by atoms with Crippen molar-refractivity contribution in [3.05, 3.63) is 39.6 Å². The Hall–Kier alpha value is -2.44. The molecule has 0 radical (unpaired) electrons. The highest BCUT2D eigenvalue weighted by Gasteiger charge is 2.18. The Morgan fingerprint density at radius 1 is 1.42 bits per heavy atom. The van der Waals surface area contributed by atoms with Crippen LogP contribution < -0.4 is 5.73 Å². The Labute approximate surface area is 110 Å². The van der Waals surface area contributed by atoms with E-state index in [2.05, 4.69) is 10.3 Å². The molecule has 2 rings (SSSR count). The van der Waals surface area contributed by atoms with E-state index in [1.54, 1.807) is 23.7 Å². The zero-order valence-electron chi connectivity index (χ0n) is 11.0. The maximum absolute atomic E-state index is 11.0. The molecule has 1 heterocycles. The first-order valence-corrected chi connectivity index (χ1v) is 5.88. The van der Waals surface area contributed by atoms with Gasteiger partial charge < -0.3 is 5.73 Å². The predicted octanol–water partition coefficient (Wildman–Crippen LogP) is 2.19. The molecule has 0 saturated carbocycles. The molecule has 0 aliphatic rings. The molecule has 7 nitrogen and oxygen atoms in total. The second-order valence-corrected chi connectivity index (χ2v) is 4.65. The summed E-state index contributed by atoms with van der Waals surface area (Å²) in [4.78, 5) is 10.6. The summed E-state index contributed by atoms with van der Waals surface area (Å²) in [5.74, 6) is 0.466. The van der Waals surface area contributed by atoms with Gasteiger partial charge in [0.25, 0.3) is 5.69 Å². The van der Waals surface area contributed by atoms with Gasteiger partial charge in [-0.05, 0) is 18.9 Å². The third-order valence-electron chi connectivity index (χ3n) is 2.91. The van der Waals surface area contributed by atoms with Crippen LogP contribution in [0.5, 0.6) is 0 Å². The molecule has 0 amide bonds. The Morgan fingerprint density at radius 3 is 2.68 bits per heavy atom. The maximum atomic E-state index is 11.0. The number of aryl methyl sites for hydroxylation is 1. The van der Waals surface area contributed by atoms with Gasteiger partial charge in [-0.2, -0.15) is 0 Å². The fourth-order valence-electron chi connectivity index (χ4n) is 1.96. The third kappa shape index (κ3) is 2.26. The van der Waals surface area contributed by atoms with Crippen molar-refractivity contribution >= 4 is 11.5 Å². The van der Waals surface area contributed by atoms with Crippen molar-refractivity contribution in [1.29, 1.82) is 0 Å². The fraction of sp³-hybridized carbons (Fsp3) is 0.333. The predicted molar refractivity (Wildman–Crippen MR) is 71.3 cm³/mol. The summed E-state index contributed by atoms with van der Waals surface area (Å²) in [6, 6.07) is 4.94. The van der Waals surface area contributed by atoms with Gasteiger partial charge in [-0.1, -0.05) is 25.1 Å². The van der Waals surface area contributed by atoms with E-state index in [9.17, 15) is 10.1 Å². The Bertz CT molecular complexity index is 633. The normalized spacial score (nSPS) is 10.9. The second kappa shape index (κ2) is 4.68. The Balaban J connectivity index is 2.60. The number of hydrogen-bond donors (Lipinski definition) is 1. The summed E-state index contributed by atoms with van der Waals surface area (Å²) in [6.07, 6.45) is 0. The average Bonchev–Trinajstić information content (AvgIpc) is 2.71. The number of rotatable bonds is 3. The lowest BCUT2D eigenvalue weighted by molar-refractivity contribution is -0.385. The van der Waals surface area contributed by atoms with E-state index in [1.165, 1.54) is 6.07 Å². The van der Waals surface area contributed by atoms with E-state index in [-0.39, 0.29) is 11.6 Å². The van der Waals surface area contributed by atoms with Crippen LogP contribution in [0.4, 0.5) is 11.5 Å². The van der Waals surface area contributed by atoms with Crippen molar-refractivity contribution in [3.8, 4) is 5.69 Å². The van der Waals surface area contributed by atoms with Crippen LogP contribution >= 0.6 is 0 Å². The number of hydrogen-bond acceptors (Lipinski definition) is 5. The number of nitrogens with two attached hydrogens (primary N) is 1. The van der Waals surface area contributed by atoms with Crippen LogP contribution in [0.15, 0.2) is 18.2 Å². The Kier molecular flexibility index (Phi) is 3.20. The van der Waals surface area contributed by atoms with Crippen molar-refractivity contribution in [2.45, 2.75) is 26.7 Å². The van der Waals surface area contributed by atoms with Crippen LogP contribution in [0.25, 0.3) is 5.69 Å². The first kappa shape index (κ1) is 13.0. The summed E-state index contributed by atoms with van der Waals surface area (Å²) in [6.45, 7) is 5.63. The molecule has 0 fully saturated rings. The van der Waals surface area contributed by atoms with E-state index in [0.29, 0.717) is 17.1 Å². The first-order valence-electron chi connectivity index (χ1n) is 5.88. The van der Waals surface area contributed by atoms with Gasteiger partial charge in [0.2, 0.25) is 0 Å². The number of anilines is 1. The first-order chi connectivity index (χ1) is 8.91. The van der Waals surface area contributed by atoms with E-state index >= 15 is 0 Å². The van der Waals surface area contributed by atoms with Crippen LogP contribution in [0.2, 0.25) is 0 Å². The topological polar surface area (TPSA) is 99.9 Å². The van der Waals surface area contributed by atoms with Crippen LogP contribution in [0.3, 0.4) is 0 Å². The lowest BCUT2D eigenvalue weighted by atomic mass is 10.1. The highest BCUT2D eigenvalue weighted by molar-refractivity contribution is 5.50. The van der Waals surface area contributed by atoms with Crippen LogP contribution in [0.1, 0.15) is 31.0 Å². The molecular formula is C12H15N5O2. The van der Waals surface area contributed by atoms with Crippen LogP contribution in [0, 0.1) is 17.0 Å². The van der Waals surface area contributed by atoms with Crippen molar-refractivity contribution in [3.63, 3.8) is 0 Å². The van der Waals surface area contributed by atoms with E-state index in [1.807, 2.05) is 13.8 Å². The summed E-state index contributed by atoms with van der Waals surface area (Å²) in [5, 5.41) is 18.8. The molecule has 1 aromatic carbocycles. The van der Waals surface area contributed by atoms with Gasteiger partial charge >= 0.3 is 0 Å². The molecule has 0 aliphatic carbocycles. The highest BCUT2D eigenvalue weighted by Crippen LogP contribution is 2.26. The zero-order chi connectivity index (χ0) is 14.2. The Morgan fingerprint density at radius 2 is 2.11 bits per heavy atom. The summed E-state index contributed by atoms with van der Waals surface area (Å²) < 4.78 is 1.55. The number of nitro groups is 1. The fourth-order valence-corrected chi connectivity index (χ4v) is 1.96. The monoisotopic (exact) mass is 261 g/mol. The largest absolute Gasteiger partial charge is 0.381 e. The minimum absolute atomic E-state index is 0.0567. The van der Waals surface area contributed by atoms with Crippen LogP contribution in [-0.2, 0) is 0 Å². The molecule has 19 heavy (non-hydrogen) atoms. The van der Waals surface area contributed by atoms with Gasteiger partial charge in [-0.3, -0.25) is 10.1 Å².